The third kappa shape index (κ3) is 5.08. The van der Waals surface area contributed by atoms with E-state index in [9.17, 15) is 13.2 Å². The number of sulfonamides is 1. The molecule has 1 amide bonds. The highest BCUT2D eigenvalue weighted by Crippen LogP contribution is 2.21. The molecule has 0 saturated carbocycles. The van der Waals surface area contributed by atoms with Crippen LogP contribution in [0.3, 0.4) is 0 Å². The normalized spacial score (nSPS) is 12.6. The lowest BCUT2D eigenvalue weighted by molar-refractivity contribution is -0.121. The molecule has 0 aliphatic carbocycles. The Hall–Kier alpha value is -2.38. The minimum absolute atomic E-state index is 0.115. The van der Waals surface area contributed by atoms with Gasteiger partial charge in [0, 0.05) is 7.05 Å². The van der Waals surface area contributed by atoms with Crippen LogP contribution in [0.5, 0.6) is 5.75 Å². The van der Waals surface area contributed by atoms with Gasteiger partial charge in [0.2, 0.25) is 15.9 Å². The fraction of sp³-hybridized carbons (Fsp3) is 0.350. The van der Waals surface area contributed by atoms with Gasteiger partial charge in [-0.05, 0) is 48.7 Å². The number of hydrogen-bond donors (Lipinski definition) is 1. The van der Waals surface area contributed by atoms with E-state index in [1.54, 1.807) is 12.1 Å². The summed E-state index contributed by atoms with van der Waals surface area (Å²) >= 11 is 0. The minimum atomic E-state index is -3.76. The summed E-state index contributed by atoms with van der Waals surface area (Å²) in [5.41, 5.74) is 2.12. The molecule has 0 heterocycles. The predicted molar refractivity (Wildman–Crippen MR) is 105 cm³/mol. The molecule has 0 aliphatic rings. The molecule has 2 aromatic rings. The number of carbonyl (C=O) groups excluding carboxylic acids is 1. The molecule has 0 spiro atoms. The Morgan fingerprint density at radius 2 is 1.78 bits per heavy atom. The summed E-state index contributed by atoms with van der Waals surface area (Å²) in [6.07, 6.45) is 0.714. The summed E-state index contributed by atoms with van der Waals surface area (Å²) < 4.78 is 31.4. The highest BCUT2D eigenvalue weighted by atomic mass is 32.2. The molecule has 1 N–H and O–H groups in total. The van der Waals surface area contributed by atoms with Gasteiger partial charge in [0.1, 0.15) is 5.75 Å². The Kier molecular flexibility index (Phi) is 6.98. The SMILES string of the molecule is CCC(NC(=O)CN(C)S(=O)(=O)c1ccc(OC)cc1)c1ccccc1C. The van der Waals surface area contributed by atoms with Crippen molar-refractivity contribution >= 4 is 15.9 Å². The van der Waals surface area contributed by atoms with Crippen LogP contribution < -0.4 is 10.1 Å². The number of carbonyl (C=O) groups is 1. The number of nitrogens with one attached hydrogen (secondary N) is 1. The molecule has 0 aliphatic heterocycles. The number of benzene rings is 2. The molecule has 1 unspecified atom stereocenters. The lowest BCUT2D eigenvalue weighted by Crippen LogP contribution is -2.39. The van der Waals surface area contributed by atoms with Crippen LogP contribution in [0.2, 0.25) is 0 Å². The molecule has 146 valence electrons. The molecule has 1 atom stereocenters. The van der Waals surface area contributed by atoms with Crippen molar-refractivity contribution in [1.82, 2.24) is 9.62 Å². The van der Waals surface area contributed by atoms with Crippen LogP contribution in [0.25, 0.3) is 0 Å². The number of aryl methyl sites for hydroxylation is 1. The van der Waals surface area contributed by atoms with Gasteiger partial charge in [-0.1, -0.05) is 31.2 Å². The van der Waals surface area contributed by atoms with Crippen molar-refractivity contribution in [1.29, 1.82) is 0 Å². The van der Waals surface area contributed by atoms with Crippen LogP contribution in [0, 0.1) is 6.92 Å². The first-order valence-electron chi connectivity index (χ1n) is 8.74. The van der Waals surface area contributed by atoms with Gasteiger partial charge in [-0.2, -0.15) is 4.31 Å². The number of rotatable bonds is 8. The highest BCUT2D eigenvalue weighted by Gasteiger charge is 2.24. The molecular formula is C20H26N2O4S. The first-order valence-corrected chi connectivity index (χ1v) is 10.2. The standard InChI is InChI=1S/C20H26N2O4S/c1-5-19(18-9-7-6-8-15(18)2)21-20(23)14-22(3)27(24,25)17-12-10-16(26-4)11-13-17/h6-13,19H,5,14H2,1-4H3,(H,21,23). The first kappa shape index (κ1) is 20.9. The second-order valence-corrected chi connectivity index (χ2v) is 8.37. The van der Waals surface area contributed by atoms with Gasteiger partial charge in [-0.15, -0.1) is 0 Å². The zero-order valence-electron chi connectivity index (χ0n) is 16.1. The molecule has 0 radical (unpaired) electrons. The van der Waals surface area contributed by atoms with Crippen LogP contribution in [0.15, 0.2) is 53.4 Å². The lowest BCUT2D eigenvalue weighted by Gasteiger charge is -2.22. The number of amides is 1. The summed E-state index contributed by atoms with van der Waals surface area (Å²) in [7, 11) is -0.848. The summed E-state index contributed by atoms with van der Waals surface area (Å²) in [5, 5.41) is 2.93. The predicted octanol–water partition coefficient (Wildman–Crippen LogP) is 2.89. The zero-order valence-corrected chi connectivity index (χ0v) is 16.9. The van der Waals surface area contributed by atoms with E-state index in [0.717, 1.165) is 15.4 Å². The molecule has 6 nitrogen and oxygen atoms in total. The van der Waals surface area contributed by atoms with Crippen molar-refractivity contribution in [2.45, 2.75) is 31.2 Å². The number of methoxy groups -OCH3 is 1. The lowest BCUT2D eigenvalue weighted by atomic mass is 9.99. The van der Waals surface area contributed by atoms with Crippen molar-refractivity contribution in [2.24, 2.45) is 0 Å². The summed E-state index contributed by atoms with van der Waals surface area (Å²) in [4.78, 5) is 12.6. The molecule has 0 fully saturated rings. The van der Waals surface area contributed by atoms with E-state index in [-0.39, 0.29) is 23.4 Å². The second-order valence-electron chi connectivity index (χ2n) is 6.32. The van der Waals surface area contributed by atoms with E-state index in [1.165, 1.54) is 26.3 Å². The topological polar surface area (TPSA) is 75.7 Å². The van der Waals surface area contributed by atoms with Crippen molar-refractivity contribution in [2.75, 3.05) is 20.7 Å². The summed E-state index contributed by atoms with van der Waals surface area (Å²) in [6, 6.07) is 13.8. The van der Waals surface area contributed by atoms with Gasteiger partial charge in [-0.3, -0.25) is 4.79 Å². The van der Waals surface area contributed by atoms with Crippen molar-refractivity contribution in [3.8, 4) is 5.75 Å². The van der Waals surface area contributed by atoms with E-state index in [1.807, 2.05) is 38.1 Å². The third-order valence-electron chi connectivity index (χ3n) is 4.44. The molecule has 7 heteroatoms. The van der Waals surface area contributed by atoms with Crippen LogP contribution in [-0.4, -0.2) is 39.3 Å². The number of hydrogen-bond acceptors (Lipinski definition) is 4. The maximum absolute atomic E-state index is 12.7. The van der Waals surface area contributed by atoms with E-state index < -0.39 is 10.0 Å². The summed E-state index contributed by atoms with van der Waals surface area (Å²) in [5.74, 6) is 0.225. The van der Waals surface area contributed by atoms with Gasteiger partial charge in [0.05, 0.1) is 24.6 Å². The minimum Gasteiger partial charge on any atom is -0.497 e. The number of likely N-dealkylation sites (N-methyl/N-ethyl adjacent to an activating group) is 1. The van der Waals surface area contributed by atoms with Gasteiger partial charge >= 0.3 is 0 Å². The van der Waals surface area contributed by atoms with Crippen LogP contribution in [0.1, 0.15) is 30.5 Å². The number of ether oxygens (including phenoxy) is 1. The molecule has 27 heavy (non-hydrogen) atoms. The summed E-state index contributed by atoms with van der Waals surface area (Å²) in [6.45, 7) is 3.72. The van der Waals surface area contributed by atoms with Gasteiger partial charge in [0.15, 0.2) is 0 Å². The Bertz CT molecular complexity index is 879. The van der Waals surface area contributed by atoms with E-state index in [2.05, 4.69) is 5.32 Å². The largest absolute Gasteiger partial charge is 0.497 e. The fourth-order valence-electron chi connectivity index (χ4n) is 2.83. The molecular weight excluding hydrogens is 364 g/mol. The Balaban J connectivity index is 2.08. The molecule has 2 rings (SSSR count). The van der Waals surface area contributed by atoms with Crippen LogP contribution >= 0.6 is 0 Å². The van der Waals surface area contributed by atoms with E-state index >= 15 is 0 Å². The van der Waals surface area contributed by atoms with Crippen molar-refractivity contribution in [3.63, 3.8) is 0 Å². The molecule has 0 saturated heterocycles. The Labute approximate surface area is 161 Å². The van der Waals surface area contributed by atoms with Crippen molar-refractivity contribution < 1.29 is 17.9 Å². The van der Waals surface area contributed by atoms with Gasteiger partial charge in [0.25, 0.3) is 0 Å². The van der Waals surface area contributed by atoms with Crippen LogP contribution in [0.4, 0.5) is 0 Å². The quantitative estimate of drug-likeness (QED) is 0.752. The van der Waals surface area contributed by atoms with E-state index in [0.29, 0.717) is 12.2 Å². The average Bonchev–Trinajstić information content (AvgIpc) is 2.66. The maximum atomic E-state index is 12.7. The smallest absolute Gasteiger partial charge is 0.243 e. The Morgan fingerprint density at radius 1 is 1.15 bits per heavy atom. The monoisotopic (exact) mass is 390 g/mol. The van der Waals surface area contributed by atoms with Crippen LogP contribution in [-0.2, 0) is 14.8 Å². The first-order chi connectivity index (χ1) is 12.8. The third-order valence-corrected chi connectivity index (χ3v) is 6.26. The molecule has 0 bridgehead atoms. The second kappa shape index (κ2) is 9.01. The fourth-order valence-corrected chi connectivity index (χ4v) is 3.96. The molecule has 2 aromatic carbocycles. The maximum Gasteiger partial charge on any atom is 0.243 e. The highest BCUT2D eigenvalue weighted by molar-refractivity contribution is 7.89. The Morgan fingerprint density at radius 3 is 2.33 bits per heavy atom. The van der Waals surface area contributed by atoms with Gasteiger partial charge < -0.3 is 10.1 Å². The van der Waals surface area contributed by atoms with E-state index in [4.69, 9.17) is 4.74 Å². The van der Waals surface area contributed by atoms with Gasteiger partial charge in [-0.25, -0.2) is 8.42 Å². The average molecular weight is 391 g/mol. The number of nitrogens with zero attached hydrogens (tertiary/aromatic N) is 1. The molecule has 0 aromatic heterocycles. The van der Waals surface area contributed by atoms with Crippen molar-refractivity contribution in [3.05, 3.63) is 59.7 Å². The zero-order chi connectivity index (χ0) is 20.0.